The summed E-state index contributed by atoms with van der Waals surface area (Å²) < 4.78 is 10.9. The van der Waals surface area contributed by atoms with E-state index < -0.39 is 0 Å². The van der Waals surface area contributed by atoms with Crippen LogP contribution in [-0.2, 0) is 11.3 Å². The summed E-state index contributed by atoms with van der Waals surface area (Å²) in [6, 6.07) is 0. The Labute approximate surface area is 101 Å². The highest BCUT2D eigenvalue weighted by molar-refractivity contribution is 5.06. The van der Waals surface area contributed by atoms with E-state index in [1.807, 2.05) is 20.9 Å². The Bertz CT molecular complexity index is 364. The van der Waals surface area contributed by atoms with Crippen LogP contribution in [0.5, 0.6) is 0 Å². The summed E-state index contributed by atoms with van der Waals surface area (Å²) >= 11 is 0. The molecule has 0 aromatic carbocycles. The molecule has 0 amide bonds. The number of aryl methyl sites for hydroxylation is 2. The van der Waals surface area contributed by atoms with Gasteiger partial charge in [0, 0.05) is 6.61 Å². The maximum Gasteiger partial charge on any atom is 0.208 e. The third-order valence-electron chi connectivity index (χ3n) is 3.63. The minimum atomic E-state index is -0.281. The van der Waals surface area contributed by atoms with E-state index >= 15 is 0 Å². The molecule has 0 spiro atoms. The fourth-order valence-electron chi connectivity index (χ4n) is 2.12. The number of rotatable bonds is 4. The Hall–Kier alpha value is -0.910. The molecule has 0 saturated carbocycles. The number of oxazole rings is 1. The molecule has 96 valence electrons. The molecule has 2 rings (SSSR count). The van der Waals surface area contributed by atoms with E-state index in [0.717, 1.165) is 17.9 Å². The van der Waals surface area contributed by atoms with E-state index in [-0.39, 0.29) is 12.1 Å². The predicted molar refractivity (Wildman–Crippen MR) is 62.7 cm³/mol. The summed E-state index contributed by atoms with van der Waals surface area (Å²) in [5.41, 5.74) is 0.644. The van der Waals surface area contributed by atoms with Crippen LogP contribution in [0.2, 0.25) is 0 Å². The van der Waals surface area contributed by atoms with Gasteiger partial charge in [-0.3, -0.25) is 4.90 Å². The number of nitrogens with zero attached hydrogens (tertiary/aromatic N) is 2. The lowest BCUT2D eigenvalue weighted by molar-refractivity contribution is 0.0267. The van der Waals surface area contributed by atoms with Gasteiger partial charge < -0.3 is 14.3 Å². The van der Waals surface area contributed by atoms with Crippen LogP contribution in [-0.4, -0.2) is 47.4 Å². The fourth-order valence-corrected chi connectivity index (χ4v) is 2.12. The number of aliphatic hydroxyl groups excluding tert-OH is 1. The molecule has 5 nitrogen and oxygen atoms in total. The van der Waals surface area contributed by atoms with Gasteiger partial charge in [-0.2, -0.15) is 0 Å². The highest BCUT2D eigenvalue weighted by Gasteiger charge is 2.38. The van der Waals surface area contributed by atoms with Crippen molar-refractivity contribution in [2.75, 3.05) is 26.9 Å². The van der Waals surface area contributed by atoms with E-state index in [9.17, 15) is 5.11 Å². The molecule has 1 fully saturated rings. The third kappa shape index (κ3) is 2.36. The van der Waals surface area contributed by atoms with E-state index in [0.29, 0.717) is 25.6 Å². The topological polar surface area (TPSA) is 58.7 Å². The molecular weight excluding hydrogens is 220 g/mol. The van der Waals surface area contributed by atoms with Crippen molar-refractivity contribution in [3.05, 3.63) is 17.3 Å². The summed E-state index contributed by atoms with van der Waals surface area (Å²) in [5.74, 6) is 1.55. The van der Waals surface area contributed by atoms with Gasteiger partial charge >= 0.3 is 0 Å². The SMILES string of the molecule is Cc1nc(CN(C)C2(CO)CCOC2)oc1C. The van der Waals surface area contributed by atoms with Crippen molar-refractivity contribution in [1.82, 2.24) is 9.88 Å². The number of hydrogen-bond acceptors (Lipinski definition) is 5. The summed E-state index contributed by atoms with van der Waals surface area (Å²) in [4.78, 5) is 6.43. The zero-order valence-electron chi connectivity index (χ0n) is 10.7. The first-order valence-corrected chi connectivity index (χ1v) is 5.90. The second-order valence-electron chi connectivity index (χ2n) is 4.79. The lowest BCUT2D eigenvalue weighted by Crippen LogP contribution is -2.49. The maximum atomic E-state index is 9.55. The average molecular weight is 240 g/mol. The van der Waals surface area contributed by atoms with Crippen LogP contribution >= 0.6 is 0 Å². The maximum absolute atomic E-state index is 9.55. The van der Waals surface area contributed by atoms with Crippen molar-refractivity contribution < 1.29 is 14.3 Å². The largest absolute Gasteiger partial charge is 0.444 e. The minimum absolute atomic E-state index is 0.0994. The van der Waals surface area contributed by atoms with Crippen LogP contribution in [0.15, 0.2) is 4.42 Å². The molecule has 2 heterocycles. The molecule has 1 aromatic rings. The monoisotopic (exact) mass is 240 g/mol. The molecule has 1 unspecified atom stereocenters. The molecular formula is C12H20N2O3. The second-order valence-corrected chi connectivity index (χ2v) is 4.79. The molecule has 5 heteroatoms. The van der Waals surface area contributed by atoms with Crippen LogP contribution in [0.4, 0.5) is 0 Å². The molecule has 1 aliphatic heterocycles. The molecule has 0 aliphatic carbocycles. The highest BCUT2D eigenvalue weighted by Crippen LogP contribution is 2.26. The van der Waals surface area contributed by atoms with Crippen LogP contribution in [0.25, 0.3) is 0 Å². The van der Waals surface area contributed by atoms with Crippen LogP contribution in [0.3, 0.4) is 0 Å². The van der Waals surface area contributed by atoms with Gasteiger partial charge in [0.1, 0.15) is 5.76 Å². The summed E-state index contributed by atoms with van der Waals surface area (Å²) in [6.45, 7) is 5.81. The zero-order chi connectivity index (χ0) is 12.5. The molecule has 1 N–H and O–H groups in total. The number of aromatic nitrogens is 1. The molecule has 0 radical (unpaired) electrons. The molecule has 17 heavy (non-hydrogen) atoms. The van der Waals surface area contributed by atoms with Crippen molar-refractivity contribution in [2.45, 2.75) is 32.4 Å². The van der Waals surface area contributed by atoms with Gasteiger partial charge in [-0.15, -0.1) is 0 Å². The van der Waals surface area contributed by atoms with Gasteiger partial charge in [0.25, 0.3) is 0 Å². The van der Waals surface area contributed by atoms with Gasteiger partial charge in [0.15, 0.2) is 0 Å². The standard InChI is InChI=1S/C12H20N2O3/c1-9-10(2)17-11(13-9)6-14(3)12(7-15)4-5-16-8-12/h15H,4-8H2,1-3H3. The summed E-state index contributed by atoms with van der Waals surface area (Å²) in [7, 11) is 1.97. The van der Waals surface area contributed by atoms with E-state index in [1.54, 1.807) is 0 Å². The van der Waals surface area contributed by atoms with E-state index in [4.69, 9.17) is 9.15 Å². The number of aliphatic hydroxyl groups is 1. The predicted octanol–water partition coefficient (Wildman–Crippen LogP) is 0.875. The van der Waals surface area contributed by atoms with Gasteiger partial charge in [-0.25, -0.2) is 4.98 Å². The molecule has 0 bridgehead atoms. The Kier molecular flexibility index (Phi) is 3.51. The molecule has 1 saturated heterocycles. The minimum Gasteiger partial charge on any atom is -0.444 e. The molecule has 1 aliphatic rings. The number of likely N-dealkylation sites (N-methyl/N-ethyl adjacent to an activating group) is 1. The Morgan fingerprint density at radius 3 is 2.71 bits per heavy atom. The Morgan fingerprint density at radius 2 is 2.24 bits per heavy atom. The summed E-state index contributed by atoms with van der Waals surface area (Å²) in [6.07, 6.45) is 0.846. The van der Waals surface area contributed by atoms with E-state index in [1.165, 1.54) is 0 Å². The smallest absolute Gasteiger partial charge is 0.208 e. The van der Waals surface area contributed by atoms with Crippen molar-refractivity contribution in [1.29, 1.82) is 0 Å². The summed E-state index contributed by atoms with van der Waals surface area (Å²) in [5, 5.41) is 9.55. The lowest BCUT2D eigenvalue weighted by Gasteiger charge is -2.34. The lowest BCUT2D eigenvalue weighted by atomic mass is 9.98. The first-order chi connectivity index (χ1) is 8.07. The van der Waals surface area contributed by atoms with Crippen LogP contribution in [0.1, 0.15) is 23.8 Å². The first-order valence-electron chi connectivity index (χ1n) is 5.90. The number of hydrogen-bond donors (Lipinski definition) is 1. The average Bonchev–Trinajstić information content (AvgIpc) is 2.88. The van der Waals surface area contributed by atoms with Crippen molar-refractivity contribution >= 4 is 0 Å². The number of ether oxygens (including phenoxy) is 1. The Morgan fingerprint density at radius 1 is 1.47 bits per heavy atom. The van der Waals surface area contributed by atoms with Crippen molar-refractivity contribution in [2.24, 2.45) is 0 Å². The van der Waals surface area contributed by atoms with Gasteiger partial charge in [-0.1, -0.05) is 0 Å². The second kappa shape index (κ2) is 4.76. The quantitative estimate of drug-likeness (QED) is 0.846. The van der Waals surface area contributed by atoms with Crippen LogP contribution in [0, 0.1) is 13.8 Å². The molecule has 1 atom stereocenters. The third-order valence-corrected chi connectivity index (χ3v) is 3.63. The molecule has 1 aromatic heterocycles. The Balaban J connectivity index is 2.07. The van der Waals surface area contributed by atoms with Crippen LogP contribution < -0.4 is 0 Å². The zero-order valence-corrected chi connectivity index (χ0v) is 10.7. The first kappa shape index (κ1) is 12.5. The van der Waals surface area contributed by atoms with Gasteiger partial charge in [-0.05, 0) is 27.3 Å². The van der Waals surface area contributed by atoms with E-state index in [2.05, 4.69) is 9.88 Å². The highest BCUT2D eigenvalue weighted by atomic mass is 16.5. The normalized spacial score (nSPS) is 24.8. The fraction of sp³-hybridized carbons (Fsp3) is 0.750. The van der Waals surface area contributed by atoms with Gasteiger partial charge in [0.2, 0.25) is 5.89 Å². The van der Waals surface area contributed by atoms with Crippen molar-refractivity contribution in [3.8, 4) is 0 Å². The van der Waals surface area contributed by atoms with Gasteiger partial charge in [0.05, 0.1) is 31.0 Å². The van der Waals surface area contributed by atoms with Crippen molar-refractivity contribution in [3.63, 3.8) is 0 Å².